The standard InChI is InChI=1S/C21H22FN3O2S2/c1-21(27)8-10-25(13-17-23-9-12-29-17)18(16-3-2-11-28-16)19(21)24-20(26)14-4-6-15(22)7-5-14/h2-7,9,11-12,18-19,27H,8,10,13H2,1H3,(H,24,26)/t18-,19-,21+/m0/s1. The van der Waals surface area contributed by atoms with Gasteiger partial charge in [0.25, 0.3) is 5.91 Å². The first kappa shape index (κ1) is 20.2. The zero-order valence-corrected chi connectivity index (χ0v) is 17.5. The second kappa shape index (κ2) is 8.31. The lowest BCUT2D eigenvalue weighted by molar-refractivity contribution is -0.0656. The van der Waals surface area contributed by atoms with Crippen molar-refractivity contribution in [3.8, 4) is 0 Å². The molecule has 0 unspecified atom stereocenters. The molecular weight excluding hydrogens is 409 g/mol. The molecule has 1 aliphatic rings. The molecule has 0 spiro atoms. The lowest BCUT2D eigenvalue weighted by atomic mass is 9.81. The lowest BCUT2D eigenvalue weighted by Crippen LogP contribution is -2.62. The van der Waals surface area contributed by atoms with Crippen molar-refractivity contribution in [1.29, 1.82) is 0 Å². The molecule has 4 rings (SSSR count). The molecule has 2 aromatic heterocycles. The number of likely N-dealkylation sites (tertiary alicyclic amines) is 1. The van der Waals surface area contributed by atoms with Crippen LogP contribution in [0.5, 0.6) is 0 Å². The van der Waals surface area contributed by atoms with Crippen LogP contribution in [-0.2, 0) is 6.54 Å². The van der Waals surface area contributed by atoms with E-state index < -0.39 is 17.5 Å². The molecule has 3 aromatic rings. The first-order valence-electron chi connectivity index (χ1n) is 9.39. The predicted molar refractivity (Wildman–Crippen MR) is 112 cm³/mol. The molecule has 0 bridgehead atoms. The Labute approximate surface area is 176 Å². The third-order valence-corrected chi connectivity index (χ3v) is 7.04. The molecule has 1 saturated heterocycles. The van der Waals surface area contributed by atoms with E-state index in [0.717, 1.165) is 9.88 Å². The van der Waals surface area contributed by atoms with Crippen LogP contribution in [0, 0.1) is 5.82 Å². The first-order valence-corrected chi connectivity index (χ1v) is 11.1. The highest BCUT2D eigenvalue weighted by Crippen LogP contribution is 2.39. The summed E-state index contributed by atoms with van der Waals surface area (Å²) in [5, 5.41) is 19.2. The first-order chi connectivity index (χ1) is 13.9. The van der Waals surface area contributed by atoms with Crippen LogP contribution in [0.1, 0.15) is 39.6 Å². The largest absolute Gasteiger partial charge is 0.388 e. The van der Waals surface area contributed by atoms with Gasteiger partial charge in [0, 0.05) is 28.6 Å². The molecule has 2 N–H and O–H groups in total. The highest BCUT2D eigenvalue weighted by atomic mass is 32.1. The number of aromatic nitrogens is 1. The number of hydrogen-bond acceptors (Lipinski definition) is 6. The predicted octanol–water partition coefficient (Wildman–Crippen LogP) is 3.84. The number of halogens is 1. The Morgan fingerprint density at radius 3 is 2.76 bits per heavy atom. The van der Waals surface area contributed by atoms with Gasteiger partial charge in [0.2, 0.25) is 0 Å². The van der Waals surface area contributed by atoms with Gasteiger partial charge in [0.1, 0.15) is 10.8 Å². The van der Waals surface area contributed by atoms with Gasteiger partial charge in [0.05, 0.1) is 24.2 Å². The highest BCUT2D eigenvalue weighted by molar-refractivity contribution is 7.10. The van der Waals surface area contributed by atoms with E-state index in [2.05, 4.69) is 15.2 Å². The van der Waals surface area contributed by atoms with Gasteiger partial charge in [0.15, 0.2) is 0 Å². The van der Waals surface area contributed by atoms with Crippen molar-refractivity contribution < 1.29 is 14.3 Å². The minimum atomic E-state index is -1.08. The molecule has 0 aliphatic carbocycles. The number of thiophene rings is 1. The molecule has 152 valence electrons. The summed E-state index contributed by atoms with van der Waals surface area (Å²) in [7, 11) is 0. The van der Waals surface area contributed by atoms with Gasteiger partial charge in [-0.1, -0.05) is 6.07 Å². The van der Waals surface area contributed by atoms with Gasteiger partial charge in [-0.05, 0) is 49.1 Å². The fourth-order valence-corrected chi connectivity index (χ4v) is 5.30. The van der Waals surface area contributed by atoms with Gasteiger partial charge in [-0.3, -0.25) is 9.69 Å². The Kier molecular flexibility index (Phi) is 5.78. The normalized spacial score (nSPS) is 25.1. The number of benzene rings is 1. The quantitative estimate of drug-likeness (QED) is 0.644. The van der Waals surface area contributed by atoms with Gasteiger partial charge in [-0.25, -0.2) is 9.37 Å². The van der Waals surface area contributed by atoms with Gasteiger partial charge in [-0.15, -0.1) is 22.7 Å². The van der Waals surface area contributed by atoms with Crippen LogP contribution in [0.25, 0.3) is 0 Å². The number of aliphatic hydroxyl groups is 1. The van der Waals surface area contributed by atoms with Crippen molar-refractivity contribution in [1.82, 2.24) is 15.2 Å². The minimum Gasteiger partial charge on any atom is -0.388 e. The Hall–Kier alpha value is -2.13. The van der Waals surface area contributed by atoms with Gasteiger partial charge >= 0.3 is 0 Å². The van der Waals surface area contributed by atoms with E-state index >= 15 is 0 Å². The third-order valence-electron chi connectivity index (χ3n) is 5.33. The molecule has 0 saturated carbocycles. The molecule has 1 amide bonds. The summed E-state index contributed by atoms with van der Waals surface area (Å²) < 4.78 is 13.2. The van der Waals surface area contributed by atoms with E-state index in [0.29, 0.717) is 25.1 Å². The van der Waals surface area contributed by atoms with Crippen LogP contribution in [0.4, 0.5) is 4.39 Å². The third kappa shape index (κ3) is 4.40. The zero-order chi connectivity index (χ0) is 20.4. The van der Waals surface area contributed by atoms with Crippen LogP contribution < -0.4 is 5.32 Å². The number of nitrogens with zero attached hydrogens (tertiary/aromatic N) is 2. The van der Waals surface area contributed by atoms with E-state index in [9.17, 15) is 14.3 Å². The molecule has 0 radical (unpaired) electrons. The summed E-state index contributed by atoms with van der Waals surface area (Å²) in [5.74, 6) is -0.717. The van der Waals surface area contributed by atoms with Crippen molar-refractivity contribution in [2.75, 3.05) is 6.54 Å². The zero-order valence-electron chi connectivity index (χ0n) is 15.9. The summed E-state index contributed by atoms with van der Waals surface area (Å²) >= 11 is 3.20. The Morgan fingerprint density at radius 2 is 2.10 bits per heavy atom. The van der Waals surface area contributed by atoms with Crippen LogP contribution >= 0.6 is 22.7 Å². The second-order valence-electron chi connectivity index (χ2n) is 7.42. The average molecular weight is 432 g/mol. The molecule has 3 heterocycles. The second-order valence-corrected chi connectivity index (χ2v) is 9.38. The molecule has 1 aliphatic heterocycles. The van der Waals surface area contributed by atoms with E-state index in [1.165, 1.54) is 24.3 Å². The topological polar surface area (TPSA) is 65.5 Å². The molecular formula is C21H22FN3O2S2. The highest BCUT2D eigenvalue weighted by Gasteiger charge is 2.46. The summed E-state index contributed by atoms with van der Waals surface area (Å²) in [6.07, 6.45) is 2.31. The minimum absolute atomic E-state index is 0.188. The van der Waals surface area contributed by atoms with E-state index in [1.54, 1.807) is 35.8 Å². The number of carbonyl (C=O) groups excluding carboxylic acids is 1. The maximum absolute atomic E-state index is 13.2. The van der Waals surface area contributed by atoms with Crippen LogP contribution in [0.3, 0.4) is 0 Å². The van der Waals surface area contributed by atoms with Gasteiger partial charge < -0.3 is 10.4 Å². The Morgan fingerprint density at radius 1 is 1.31 bits per heavy atom. The number of nitrogens with one attached hydrogen (secondary N) is 1. The van der Waals surface area contributed by atoms with E-state index in [-0.39, 0.29) is 11.9 Å². The number of piperidine rings is 1. The number of rotatable bonds is 5. The maximum atomic E-state index is 13.2. The summed E-state index contributed by atoms with van der Waals surface area (Å²) in [6, 6.07) is 8.73. The number of amides is 1. The summed E-state index contributed by atoms with van der Waals surface area (Å²) in [4.78, 5) is 20.6. The monoisotopic (exact) mass is 431 g/mol. The van der Waals surface area contributed by atoms with Crippen LogP contribution in [0.2, 0.25) is 0 Å². The van der Waals surface area contributed by atoms with Crippen molar-refractivity contribution in [3.63, 3.8) is 0 Å². The SMILES string of the molecule is C[C@@]1(O)CCN(Cc2nccs2)[C@@H](c2cccs2)[C@@H]1NC(=O)c1ccc(F)cc1. The van der Waals surface area contributed by atoms with Crippen molar-refractivity contribution in [2.45, 2.75) is 37.6 Å². The summed E-state index contributed by atoms with van der Waals surface area (Å²) in [6.45, 7) is 3.11. The van der Waals surface area contributed by atoms with Crippen molar-refractivity contribution in [3.05, 3.63) is 74.6 Å². The molecule has 5 nitrogen and oxygen atoms in total. The molecule has 8 heteroatoms. The van der Waals surface area contributed by atoms with E-state index in [4.69, 9.17) is 0 Å². The average Bonchev–Trinajstić information content (AvgIpc) is 3.39. The Balaban J connectivity index is 1.65. The molecule has 29 heavy (non-hydrogen) atoms. The Bertz CT molecular complexity index is 943. The van der Waals surface area contributed by atoms with Crippen LogP contribution in [-0.4, -0.2) is 39.1 Å². The van der Waals surface area contributed by atoms with Crippen molar-refractivity contribution in [2.24, 2.45) is 0 Å². The van der Waals surface area contributed by atoms with E-state index in [1.807, 2.05) is 22.9 Å². The lowest BCUT2D eigenvalue weighted by Gasteiger charge is -2.48. The molecule has 1 aromatic carbocycles. The van der Waals surface area contributed by atoms with Crippen LogP contribution in [0.15, 0.2) is 53.4 Å². The van der Waals surface area contributed by atoms with Crippen molar-refractivity contribution >= 4 is 28.6 Å². The fraction of sp³-hybridized carbons (Fsp3) is 0.333. The number of carbonyl (C=O) groups is 1. The molecule has 3 atom stereocenters. The number of hydrogen-bond donors (Lipinski definition) is 2. The maximum Gasteiger partial charge on any atom is 0.251 e. The fourth-order valence-electron chi connectivity index (χ4n) is 3.76. The van der Waals surface area contributed by atoms with Gasteiger partial charge in [-0.2, -0.15) is 0 Å². The smallest absolute Gasteiger partial charge is 0.251 e. The number of thiazole rings is 1. The summed E-state index contributed by atoms with van der Waals surface area (Å²) in [5.41, 5.74) is -0.715. The molecule has 1 fully saturated rings.